The number of methoxy groups -OCH3 is 1. The molecule has 7 heteroatoms. The summed E-state index contributed by atoms with van der Waals surface area (Å²) in [5.41, 5.74) is 1.22. The van der Waals surface area contributed by atoms with Crippen LogP contribution in [0.5, 0.6) is 5.75 Å². The van der Waals surface area contributed by atoms with Crippen molar-refractivity contribution in [3.05, 3.63) is 53.3 Å². The molecule has 1 aromatic heterocycles. The lowest BCUT2D eigenvalue weighted by atomic mass is 10.2. The lowest BCUT2D eigenvalue weighted by Crippen LogP contribution is -2.28. The molecule has 120 valence electrons. The van der Waals surface area contributed by atoms with Gasteiger partial charge in [0.15, 0.2) is 0 Å². The molecule has 0 saturated heterocycles. The normalized spacial score (nSPS) is 10.0. The van der Waals surface area contributed by atoms with E-state index >= 15 is 0 Å². The van der Waals surface area contributed by atoms with Crippen LogP contribution in [0, 0.1) is 0 Å². The van der Waals surface area contributed by atoms with Crippen molar-refractivity contribution in [2.75, 3.05) is 12.4 Å². The van der Waals surface area contributed by atoms with Gasteiger partial charge >= 0.3 is 0 Å². The molecule has 1 heterocycles. The van der Waals surface area contributed by atoms with E-state index in [2.05, 4.69) is 15.6 Å². The van der Waals surface area contributed by atoms with E-state index in [1.54, 1.807) is 36.5 Å². The van der Waals surface area contributed by atoms with Crippen LogP contribution < -0.4 is 15.4 Å². The van der Waals surface area contributed by atoms with Crippen LogP contribution in [0.4, 0.5) is 5.69 Å². The maximum absolute atomic E-state index is 11.8. The van der Waals surface area contributed by atoms with Crippen molar-refractivity contribution in [1.82, 2.24) is 10.3 Å². The van der Waals surface area contributed by atoms with Gasteiger partial charge in [0.25, 0.3) is 0 Å². The zero-order chi connectivity index (χ0) is 16.7. The summed E-state index contributed by atoms with van der Waals surface area (Å²) in [7, 11) is 1.51. The highest BCUT2D eigenvalue weighted by atomic mass is 35.5. The third kappa shape index (κ3) is 5.27. The minimum Gasteiger partial charge on any atom is -0.495 e. The number of rotatable bonds is 6. The van der Waals surface area contributed by atoms with Crippen LogP contribution in [0.1, 0.15) is 12.1 Å². The number of amides is 2. The smallest absolute Gasteiger partial charge is 0.233 e. The predicted octanol–water partition coefficient (Wildman–Crippen LogP) is 2.39. The molecule has 0 fully saturated rings. The van der Waals surface area contributed by atoms with Crippen molar-refractivity contribution in [3.63, 3.8) is 0 Å². The fraction of sp³-hybridized carbons (Fsp3) is 0.188. The molecule has 2 N–H and O–H groups in total. The Labute approximate surface area is 138 Å². The molecule has 0 unspecified atom stereocenters. The zero-order valence-corrected chi connectivity index (χ0v) is 13.3. The third-order valence-corrected chi connectivity index (χ3v) is 3.24. The lowest BCUT2D eigenvalue weighted by Gasteiger charge is -2.08. The first-order valence-corrected chi connectivity index (χ1v) is 7.26. The van der Waals surface area contributed by atoms with Crippen molar-refractivity contribution >= 4 is 29.1 Å². The van der Waals surface area contributed by atoms with Gasteiger partial charge in [-0.05, 0) is 30.3 Å². The maximum Gasteiger partial charge on any atom is 0.233 e. The number of benzene rings is 1. The van der Waals surface area contributed by atoms with Gasteiger partial charge in [0.1, 0.15) is 12.2 Å². The highest BCUT2D eigenvalue weighted by Crippen LogP contribution is 2.27. The number of ether oxygens (including phenoxy) is 1. The number of aromatic nitrogens is 1. The van der Waals surface area contributed by atoms with Gasteiger partial charge in [-0.3, -0.25) is 14.6 Å². The monoisotopic (exact) mass is 333 g/mol. The Balaban J connectivity index is 1.82. The average molecular weight is 334 g/mol. The van der Waals surface area contributed by atoms with Gasteiger partial charge in [0.2, 0.25) is 11.8 Å². The molecule has 0 saturated carbocycles. The molecular formula is C16H16ClN3O3. The number of halogens is 1. The summed E-state index contributed by atoms with van der Waals surface area (Å²) in [6, 6.07) is 10.3. The van der Waals surface area contributed by atoms with Gasteiger partial charge in [-0.15, -0.1) is 0 Å². The molecule has 0 aliphatic carbocycles. The van der Waals surface area contributed by atoms with E-state index in [4.69, 9.17) is 16.3 Å². The van der Waals surface area contributed by atoms with Crippen molar-refractivity contribution in [2.45, 2.75) is 13.0 Å². The third-order valence-electron chi connectivity index (χ3n) is 2.95. The SMILES string of the molecule is COc1ccc(NC(=O)CC(=O)NCc2ccccn2)cc1Cl. The van der Waals surface area contributed by atoms with Crippen molar-refractivity contribution in [3.8, 4) is 5.75 Å². The van der Waals surface area contributed by atoms with Crippen LogP contribution in [0.2, 0.25) is 5.02 Å². The number of nitrogens with zero attached hydrogens (tertiary/aromatic N) is 1. The first-order chi connectivity index (χ1) is 11.1. The highest BCUT2D eigenvalue weighted by Gasteiger charge is 2.10. The molecule has 0 bridgehead atoms. The van der Waals surface area contributed by atoms with Crippen LogP contribution >= 0.6 is 11.6 Å². The van der Waals surface area contributed by atoms with Gasteiger partial charge in [-0.1, -0.05) is 17.7 Å². The summed E-state index contributed by atoms with van der Waals surface area (Å²) >= 11 is 5.97. The molecule has 0 atom stereocenters. The highest BCUT2D eigenvalue weighted by molar-refractivity contribution is 6.32. The van der Waals surface area contributed by atoms with E-state index in [-0.39, 0.29) is 18.9 Å². The van der Waals surface area contributed by atoms with Gasteiger partial charge in [0, 0.05) is 11.9 Å². The van der Waals surface area contributed by atoms with E-state index in [1.165, 1.54) is 7.11 Å². The Bertz CT molecular complexity index is 692. The van der Waals surface area contributed by atoms with E-state index in [9.17, 15) is 9.59 Å². The second kappa shape index (κ2) is 8.14. The molecule has 6 nitrogen and oxygen atoms in total. The summed E-state index contributed by atoms with van der Waals surface area (Å²) in [5, 5.41) is 5.62. The number of carbonyl (C=O) groups is 2. The van der Waals surface area contributed by atoms with E-state index in [0.717, 1.165) is 5.69 Å². The number of anilines is 1. The van der Waals surface area contributed by atoms with Crippen LogP contribution in [0.15, 0.2) is 42.6 Å². The number of carbonyl (C=O) groups excluding carboxylic acids is 2. The van der Waals surface area contributed by atoms with Crippen LogP contribution in [0.25, 0.3) is 0 Å². The summed E-state index contributed by atoms with van der Waals surface area (Å²) in [5.74, 6) is -0.296. The number of hydrogen-bond donors (Lipinski definition) is 2. The summed E-state index contributed by atoms with van der Waals surface area (Å²) in [4.78, 5) is 27.7. The van der Waals surface area contributed by atoms with E-state index in [1.807, 2.05) is 6.07 Å². The van der Waals surface area contributed by atoms with Gasteiger partial charge in [0.05, 0.1) is 24.4 Å². The standard InChI is InChI=1S/C16H16ClN3O3/c1-23-14-6-5-11(8-13(14)17)20-16(22)9-15(21)19-10-12-4-2-3-7-18-12/h2-8H,9-10H2,1H3,(H,19,21)(H,20,22). The predicted molar refractivity (Wildman–Crippen MR) is 87.3 cm³/mol. The first kappa shape index (κ1) is 16.8. The largest absolute Gasteiger partial charge is 0.495 e. The number of pyridine rings is 1. The molecule has 2 aromatic rings. The Morgan fingerprint density at radius 2 is 2.04 bits per heavy atom. The Hall–Kier alpha value is -2.60. The van der Waals surface area contributed by atoms with Crippen LogP contribution in [-0.2, 0) is 16.1 Å². The van der Waals surface area contributed by atoms with Gasteiger partial charge < -0.3 is 15.4 Å². The van der Waals surface area contributed by atoms with Gasteiger partial charge in [-0.25, -0.2) is 0 Å². The van der Waals surface area contributed by atoms with Crippen molar-refractivity contribution in [2.24, 2.45) is 0 Å². The lowest BCUT2D eigenvalue weighted by molar-refractivity contribution is -0.126. The molecule has 0 aliphatic rings. The topological polar surface area (TPSA) is 80.3 Å². The Morgan fingerprint density at radius 3 is 2.70 bits per heavy atom. The minimum absolute atomic E-state index is 0.279. The zero-order valence-electron chi connectivity index (χ0n) is 12.5. The summed E-state index contributed by atoms with van der Waals surface area (Å²) in [6.07, 6.45) is 1.36. The molecule has 1 aromatic carbocycles. The first-order valence-electron chi connectivity index (χ1n) is 6.88. The van der Waals surface area contributed by atoms with Crippen molar-refractivity contribution in [1.29, 1.82) is 0 Å². The Morgan fingerprint density at radius 1 is 1.22 bits per heavy atom. The van der Waals surface area contributed by atoms with Gasteiger partial charge in [-0.2, -0.15) is 0 Å². The fourth-order valence-corrected chi connectivity index (χ4v) is 2.11. The number of hydrogen-bond acceptors (Lipinski definition) is 4. The quantitative estimate of drug-likeness (QED) is 0.795. The molecule has 0 aliphatic heterocycles. The minimum atomic E-state index is -0.426. The van der Waals surface area contributed by atoms with E-state index < -0.39 is 5.91 Å². The molecular weight excluding hydrogens is 318 g/mol. The second-order valence-corrected chi connectivity index (χ2v) is 5.08. The van der Waals surface area contributed by atoms with Crippen molar-refractivity contribution < 1.29 is 14.3 Å². The fourth-order valence-electron chi connectivity index (χ4n) is 1.85. The molecule has 0 spiro atoms. The molecule has 2 amide bonds. The van der Waals surface area contributed by atoms with E-state index in [0.29, 0.717) is 16.5 Å². The average Bonchev–Trinajstić information content (AvgIpc) is 2.54. The summed E-state index contributed by atoms with van der Waals surface area (Å²) < 4.78 is 5.03. The maximum atomic E-state index is 11.8. The van der Waals surface area contributed by atoms with Crippen LogP contribution in [0.3, 0.4) is 0 Å². The molecule has 23 heavy (non-hydrogen) atoms. The van der Waals surface area contributed by atoms with Crippen LogP contribution in [-0.4, -0.2) is 23.9 Å². The Kier molecular flexibility index (Phi) is 5.94. The second-order valence-electron chi connectivity index (χ2n) is 4.67. The molecule has 0 radical (unpaired) electrons. The summed E-state index contributed by atoms with van der Waals surface area (Å²) in [6.45, 7) is 0.279. The molecule has 2 rings (SSSR count). The number of nitrogens with one attached hydrogen (secondary N) is 2.